The lowest BCUT2D eigenvalue weighted by Gasteiger charge is -2.23. The first-order chi connectivity index (χ1) is 9.63. The Morgan fingerprint density at radius 2 is 2.20 bits per heavy atom. The van der Waals surface area contributed by atoms with Gasteiger partial charge in [-0.1, -0.05) is 6.07 Å². The highest BCUT2D eigenvalue weighted by molar-refractivity contribution is 5.87. The predicted octanol–water partition coefficient (Wildman–Crippen LogP) is 1.72. The van der Waals surface area contributed by atoms with Crippen molar-refractivity contribution in [3.8, 4) is 0 Å². The normalized spacial score (nSPS) is 18.2. The molecule has 0 bridgehead atoms. The van der Waals surface area contributed by atoms with Crippen LogP contribution in [0.5, 0.6) is 0 Å². The number of nitro groups is 1. The van der Waals surface area contributed by atoms with Crippen LogP contribution in [0.3, 0.4) is 0 Å². The average Bonchev–Trinajstić information content (AvgIpc) is 2.41. The lowest BCUT2D eigenvalue weighted by atomic mass is 10.1. The van der Waals surface area contributed by atoms with Gasteiger partial charge in [-0.05, 0) is 31.9 Å². The van der Waals surface area contributed by atoms with Crippen LogP contribution in [-0.4, -0.2) is 30.0 Å². The van der Waals surface area contributed by atoms with E-state index in [-0.39, 0.29) is 11.6 Å². The first kappa shape index (κ1) is 14.1. The maximum Gasteiger partial charge on any atom is 0.315 e. The van der Waals surface area contributed by atoms with Crippen LogP contribution < -0.4 is 16.0 Å². The largest absolute Gasteiger partial charge is 0.380 e. The van der Waals surface area contributed by atoms with Crippen molar-refractivity contribution in [2.45, 2.75) is 25.8 Å². The van der Waals surface area contributed by atoms with Gasteiger partial charge >= 0.3 is 5.69 Å². The van der Waals surface area contributed by atoms with Crippen LogP contribution in [0.4, 0.5) is 17.1 Å². The quantitative estimate of drug-likeness (QED) is 0.563. The third-order valence-electron chi connectivity index (χ3n) is 3.20. The predicted molar refractivity (Wildman–Crippen MR) is 76.9 cm³/mol. The minimum absolute atomic E-state index is 0.0206. The monoisotopic (exact) mass is 278 g/mol. The highest BCUT2D eigenvalue weighted by atomic mass is 16.6. The van der Waals surface area contributed by atoms with Gasteiger partial charge in [0.1, 0.15) is 17.4 Å². The second kappa shape index (κ2) is 6.23. The molecule has 0 aromatic heterocycles. The van der Waals surface area contributed by atoms with Crippen LogP contribution >= 0.6 is 0 Å². The molecule has 1 fully saturated rings. The van der Waals surface area contributed by atoms with Crippen molar-refractivity contribution in [2.75, 3.05) is 23.7 Å². The molecule has 20 heavy (non-hydrogen) atoms. The van der Waals surface area contributed by atoms with Crippen molar-refractivity contribution < 1.29 is 9.72 Å². The van der Waals surface area contributed by atoms with Crippen molar-refractivity contribution in [2.24, 2.45) is 0 Å². The number of carbonyl (C=O) groups excluding carboxylic acids is 1. The van der Waals surface area contributed by atoms with Crippen LogP contribution in [0.15, 0.2) is 18.2 Å². The van der Waals surface area contributed by atoms with Gasteiger partial charge in [-0.25, -0.2) is 0 Å². The molecule has 0 aliphatic carbocycles. The summed E-state index contributed by atoms with van der Waals surface area (Å²) in [6.45, 7) is 3.13. The number of carbonyl (C=O) groups is 1. The Labute approximate surface area is 116 Å². The number of piperidine rings is 1. The van der Waals surface area contributed by atoms with E-state index in [0.717, 1.165) is 6.42 Å². The van der Waals surface area contributed by atoms with Crippen LogP contribution in [0, 0.1) is 10.1 Å². The molecule has 108 valence electrons. The molecule has 1 heterocycles. The SMILES string of the molecule is CCNc1cccc(NC2CCCNC2=O)c1[N+](=O)[O-]. The first-order valence-electron chi connectivity index (χ1n) is 6.69. The summed E-state index contributed by atoms with van der Waals surface area (Å²) in [5, 5.41) is 20.0. The standard InChI is InChI=1S/C13H18N4O3/c1-2-14-9-5-3-6-10(12(9)17(19)20)16-11-7-4-8-15-13(11)18/h3,5-6,11,14,16H,2,4,7-8H2,1H3,(H,15,18). The van der Waals surface area contributed by atoms with E-state index in [9.17, 15) is 14.9 Å². The molecule has 1 aromatic carbocycles. The highest BCUT2D eigenvalue weighted by Crippen LogP contribution is 2.33. The molecule has 1 unspecified atom stereocenters. The van der Waals surface area contributed by atoms with E-state index in [1.54, 1.807) is 18.2 Å². The average molecular weight is 278 g/mol. The molecule has 2 rings (SSSR count). The van der Waals surface area contributed by atoms with Crippen molar-refractivity contribution in [1.29, 1.82) is 0 Å². The Morgan fingerprint density at radius 1 is 1.45 bits per heavy atom. The third kappa shape index (κ3) is 2.98. The maximum atomic E-state index is 11.7. The molecule has 1 atom stereocenters. The third-order valence-corrected chi connectivity index (χ3v) is 3.20. The summed E-state index contributed by atoms with van der Waals surface area (Å²) in [6, 6.07) is 4.60. The summed E-state index contributed by atoms with van der Waals surface area (Å²) >= 11 is 0. The highest BCUT2D eigenvalue weighted by Gasteiger charge is 2.26. The Hall–Kier alpha value is -2.31. The molecule has 1 saturated heterocycles. The van der Waals surface area contributed by atoms with Crippen molar-refractivity contribution in [3.63, 3.8) is 0 Å². The lowest BCUT2D eigenvalue weighted by molar-refractivity contribution is -0.383. The Morgan fingerprint density at radius 3 is 2.85 bits per heavy atom. The van der Waals surface area contributed by atoms with Gasteiger partial charge in [0.05, 0.1) is 4.92 Å². The topological polar surface area (TPSA) is 96.3 Å². The molecule has 0 saturated carbocycles. The summed E-state index contributed by atoms with van der Waals surface area (Å²) in [5.41, 5.74) is 0.807. The fraction of sp³-hybridized carbons (Fsp3) is 0.462. The molecule has 1 aliphatic rings. The van der Waals surface area contributed by atoms with Gasteiger partial charge in [0, 0.05) is 13.1 Å². The van der Waals surface area contributed by atoms with Gasteiger partial charge in [0.15, 0.2) is 0 Å². The number of anilines is 2. The van der Waals surface area contributed by atoms with Crippen LogP contribution in [0.1, 0.15) is 19.8 Å². The van der Waals surface area contributed by atoms with E-state index in [1.165, 1.54) is 0 Å². The summed E-state index contributed by atoms with van der Waals surface area (Å²) in [4.78, 5) is 22.6. The van der Waals surface area contributed by atoms with Gasteiger partial charge in [0.2, 0.25) is 5.91 Å². The molecular weight excluding hydrogens is 260 g/mol. The maximum absolute atomic E-state index is 11.7. The molecule has 0 radical (unpaired) electrons. The summed E-state index contributed by atoms with van der Waals surface area (Å²) in [7, 11) is 0. The fourth-order valence-electron chi connectivity index (χ4n) is 2.29. The fourth-order valence-corrected chi connectivity index (χ4v) is 2.29. The van der Waals surface area contributed by atoms with Gasteiger partial charge in [0.25, 0.3) is 0 Å². The Bertz CT molecular complexity index is 518. The van der Waals surface area contributed by atoms with E-state index in [4.69, 9.17) is 0 Å². The van der Waals surface area contributed by atoms with Crippen molar-refractivity contribution in [3.05, 3.63) is 28.3 Å². The molecule has 7 nitrogen and oxygen atoms in total. The van der Waals surface area contributed by atoms with Crippen LogP contribution in [-0.2, 0) is 4.79 Å². The molecule has 3 N–H and O–H groups in total. The first-order valence-corrected chi connectivity index (χ1v) is 6.69. The van der Waals surface area contributed by atoms with Gasteiger partial charge in [-0.2, -0.15) is 0 Å². The molecule has 1 aromatic rings. The van der Waals surface area contributed by atoms with Crippen LogP contribution in [0.25, 0.3) is 0 Å². The van der Waals surface area contributed by atoms with Gasteiger partial charge < -0.3 is 16.0 Å². The second-order valence-electron chi connectivity index (χ2n) is 4.62. The minimum atomic E-state index is -0.430. The molecular formula is C13H18N4O3. The van der Waals surface area contributed by atoms with E-state index >= 15 is 0 Å². The van der Waals surface area contributed by atoms with E-state index < -0.39 is 11.0 Å². The van der Waals surface area contributed by atoms with E-state index in [1.807, 2.05) is 6.92 Å². The number of hydrogen-bond donors (Lipinski definition) is 3. The van der Waals surface area contributed by atoms with Crippen LogP contribution in [0.2, 0.25) is 0 Å². The Kier molecular flexibility index (Phi) is 4.39. The number of hydrogen-bond acceptors (Lipinski definition) is 5. The van der Waals surface area contributed by atoms with E-state index in [0.29, 0.717) is 30.9 Å². The number of amides is 1. The van der Waals surface area contributed by atoms with Gasteiger partial charge in [-0.15, -0.1) is 0 Å². The smallest absolute Gasteiger partial charge is 0.315 e. The summed E-state index contributed by atoms with van der Waals surface area (Å²) in [6.07, 6.45) is 1.54. The second-order valence-corrected chi connectivity index (χ2v) is 4.62. The molecule has 7 heteroatoms. The number of nitrogens with one attached hydrogen (secondary N) is 3. The number of benzene rings is 1. The number of nitro benzene ring substituents is 1. The summed E-state index contributed by atoms with van der Waals surface area (Å²) < 4.78 is 0. The molecule has 0 spiro atoms. The van der Waals surface area contributed by atoms with Crippen molar-refractivity contribution in [1.82, 2.24) is 5.32 Å². The van der Waals surface area contributed by atoms with E-state index in [2.05, 4.69) is 16.0 Å². The zero-order chi connectivity index (χ0) is 14.5. The van der Waals surface area contributed by atoms with Gasteiger partial charge in [-0.3, -0.25) is 14.9 Å². The Balaban J connectivity index is 2.28. The number of nitrogens with zero attached hydrogens (tertiary/aromatic N) is 1. The van der Waals surface area contributed by atoms with Crippen molar-refractivity contribution >= 4 is 23.0 Å². The number of rotatable bonds is 5. The molecule has 1 aliphatic heterocycles. The zero-order valence-corrected chi connectivity index (χ0v) is 11.3. The lowest BCUT2D eigenvalue weighted by Crippen LogP contribution is -2.44. The number of para-hydroxylation sites is 1. The zero-order valence-electron chi connectivity index (χ0n) is 11.3. The minimum Gasteiger partial charge on any atom is -0.380 e. The molecule has 1 amide bonds. The summed E-state index contributed by atoms with van der Waals surface area (Å²) in [5.74, 6) is -0.112.